The molecule has 0 aliphatic heterocycles. The molecule has 2 N–H and O–H groups in total. The first-order chi connectivity index (χ1) is 8.94. The Morgan fingerprint density at radius 3 is 2.74 bits per heavy atom. The Morgan fingerprint density at radius 1 is 1.42 bits per heavy atom. The Balaban J connectivity index is 2.05. The van der Waals surface area contributed by atoms with Crippen molar-refractivity contribution in [1.82, 2.24) is 20.2 Å². The van der Waals surface area contributed by atoms with E-state index in [2.05, 4.69) is 36.3 Å². The van der Waals surface area contributed by atoms with Crippen LogP contribution in [-0.2, 0) is 7.05 Å². The first-order valence-corrected chi connectivity index (χ1v) is 7.96. The maximum absolute atomic E-state index is 6.29. The number of nitrogens with two attached hydrogens (primary N) is 1. The van der Waals surface area contributed by atoms with Gasteiger partial charge in [0.15, 0.2) is 0 Å². The van der Waals surface area contributed by atoms with E-state index in [-0.39, 0.29) is 6.04 Å². The topological polar surface area (TPSA) is 69.6 Å². The molecule has 1 fully saturated rings. The Bertz CT molecular complexity index is 417. The minimum absolute atomic E-state index is 0.255. The molecule has 3 unspecified atom stereocenters. The van der Waals surface area contributed by atoms with Crippen LogP contribution in [0.5, 0.6) is 0 Å². The van der Waals surface area contributed by atoms with Crippen LogP contribution in [0.15, 0.2) is 5.16 Å². The van der Waals surface area contributed by atoms with Gasteiger partial charge in [-0.1, -0.05) is 39.0 Å². The van der Waals surface area contributed by atoms with Crippen molar-refractivity contribution in [2.24, 2.45) is 24.1 Å². The SMILES string of the molecule is CCC(C)(C)C1CCC(N)C(Sc2nnnn2C)C1. The van der Waals surface area contributed by atoms with Crippen LogP contribution in [0.2, 0.25) is 0 Å². The van der Waals surface area contributed by atoms with Crippen molar-refractivity contribution in [3.8, 4) is 0 Å². The third-order valence-corrected chi connectivity index (χ3v) is 6.10. The molecule has 0 radical (unpaired) electrons. The average Bonchev–Trinajstić information content (AvgIpc) is 2.77. The highest BCUT2D eigenvalue weighted by molar-refractivity contribution is 7.99. The molecule has 0 aromatic carbocycles. The Hall–Kier alpha value is -0.620. The Morgan fingerprint density at radius 2 is 2.16 bits per heavy atom. The summed E-state index contributed by atoms with van der Waals surface area (Å²) in [5, 5.41) is 12.9. The largest absolute Gasteiger partial charge is 0.327 e. The first kappa shape index (κ1) is 14.8. The predicted molar refractivity (Wildman–Crippen MR) is 77.8 cm³/mol. The quantitative estimate of drug-likeness (QED) is 0.917. The molecule has 108 valence electrons. The smallest absolute Gasteiger partial charge is 0.209 e. The fourth-order valence-corrected chi connectivity index (χ4v) is 3.93. The van der Waals surface area contributed by atoms with Crippen molar-refractivity contribution in [2.45, 2.75) is 62.9 Å². The lowest BCUT2D eigenvalue weighted by Crippen LogP contribution is -2.42. The minimum Gasteiger partial charge on any atom is -0.327 e. The van der Waals surface area contributed by atoms with E-state index in [4.69, 9.17) is 5.73 Å². The van der Waals surface area contributed by atoms with Gasteiger partial charge in [-0.15, -0.1) is 5.10 Å². The molecule has 0 amide bonds. The fourth-order valence-electron chi connectivity index (χ4n) is 2.74. The van der Waals surface area contributed by atoms with Gasteiger partial charge in [0, 0.05) is 18.3 Å². The molecule has 1 saturated carbocycles. The second kappa shape index (κ2) is 5.79. The van der Waals surface area contributed by atoms with Crippen LogP contribution in [0.25, 0.3) is 0 Å². The van der Waals surface area contributed by atoms with Gasteiger partial charge in [0.2, 0.25) is 5.16 Å². The number of hydrogen-bond donors (Lipinski definition) is 1. The van der Waals surface area contributed by atoms with Crippen LogP contribution in [0.4, 0.5) is 0 Å². The summed E-state index contributed by atoms with van der Waals surface area (Å²) in [7, 11) is 1.88. The van der Waals surface area contributed by atoms with Gasteiger partial charge in [-0.3, -0.25) is 0 Å². The highest BCUT2D eigenvalue weighted by atomic mass is 32.2. The minimum atomic E-state index is 0.255. The summed E-state index contributed by atoms with van der Waals surface area (Å²) in [5.74, 6) is 0.746. The predicted octanol–water partition coefficient (Wildman–Crippen LogP) is 2.23. The van der Waals surface area contributed by atoms with Gasteiger partial charge in [0.1, 0.15) is 0 Å². The van der Waals surface area contributed by atoms with Gasteiger partial charge in [0.25, 0.3) is 0 Å². The lowest BCUT2D eigenvalue weighted by Gasteiger charge is -2.41. The van der Waals surface area contributed by atoms with Crippen LogP contribution in [0.3, 0.4) is 0 Å². The Labute approximate surface area is 119 Å². The summed E-state index contributed by atoms with van der Waals surface area (Å²) in [6, 6.07) is 0.255. The second-order valence-corrected chi connectivity index (χ2v) is 7.46. The van der Waals surface area contributed by atoms with Gasteiger partial charge in [0.05, 0.1) is 0 Å². The van der Waals surface area contributed by atoms with E-state index < -0.39 is 0 Å². The van der Waals surface area contributed by atoms with E-state index in [1.54, 1.807) is 16.4 Å². The van der Waals surface area contributed by atoms with Crippen LogP contribution in [0, 0.1) is 11.3 Å². The van der Waals surface area contributed by atoms with Crippen molar-refractivity contribution in [3.63, 3.8) is 0 Å². The molecular weight excluding hydrogens is 258 g/mol. The number of aryl methyl sites for hydroxylation is 1. The fraction of sp³-hybridized carbons (Fsp3) is 0.923. The van der Waals surface area contributed by atoms with Gasteiger partial charge in [-0.25, -0.2) is 4.68 Å². The Kier molecular flexibility index (Phi) is 4.50. The van der Waals surface area contributed by atoms with Gasteiger partial charge in [-0.05, 0) is 41.0 Å². The summed E-state index contributed by atoms with van der Waals surface area (Å²) >= 11 is 1.74. The summed E-state index contributed by atoms with van der Waals surface area (Å²) in [5.41, 5.74) is 6.69. The number of rotatable bonds is 4. The van der Waals surface area contributed by atoms with Crippen molar-refractivity contribution in [1.29, 1.82) is 0 Å². The summed E-state index contributed by atoms with van der Waals surface area (Å²) < 4.78 is 1.73. The zero-order chi connectivity index (χ0) is 14.0. The number of thioether (sulfide) groups is 1. The van der Waals surface area contributed by atoms with Gasteiger partial charge in [-0.2, -0.15) is 0 Å². The van der Waals surface area contributed by atoms with E-state index in [9.17, 15) is 0 Å². The number of hydrogen-bond acceptors (Lipinski definition) is 5. The maximum Gasteiger partial charge on any atom is 0.209 e. The molecule has 1 aromatic heterocycles. The number of aromatic nitrogens is 4. The standard InChI is InChI=1S/C13H25N5S/c1-5-13(2,3)9-6-7-10(14)11(8-9)19-12-15-16-17-18(12)4/h9-11H,5-8,14H2,1-4H3. The zero-order valence-electron chi connectivity index (χ0n) is 12.3. The zero-order valence-corrected chi connectivity index (χ0v) is 13.2. The van der Waals surface area contributed by atoms with Gasteiger partial charge < -0.3 is 5.73 Å². The molecule has 19 heavy (non-hydrogen) atoms. The molecular formula is C13H25N5S. The molecule has 1 aromatic rings. The molecule has 0 bridgehead atoms. The van der Waals surface area contributed by atoms with Crippen LogP contribution in [-0.4, -0.2) is 31.5 Å². The van der Waals surface area contributed by atoms with Crippen molar-refractivity contribution in [3.05, 3.63) is 0 Å². The first-order valence-electron chi connectivity index (χ1n) is 7.08. The highest BCUT2D eigenvalue weighted by Crippen LogP contribution is 2.44. The van der Waals surface area contributed by atoms with Crippen LogP contribution in [0.1, 0.15) is 46.5 Å². The van der Waals surface area contributed by atoms with E-state index in [0.717, 1.165) is 17.5 Å². The molecule has 1 aliphatic carbocycles. The molecule has 5 nitrogen and oxygen atoms in total. The lowest BCUT2D eigenvalue weighted by molar-refractivity contribution is 0.148. The summed E-state index contributed by atoms with van der Waals surface area (Å²) in [6.07, 6.45) is 4.74. The van der Waals surface area contributed by atoms with Crippen LogP contribution >= 0.6 is 11.8 Å². The molecule has 1 aliphatic rings. The normalized spacial score (nSPS) is 28.6. The van der Waals surface area contributed by atoms with Crippen molar-refractivity contribution < 1.29 is 0 Å². The van der Waals surface area contributed by atoms with Crippen molar-refractivity contribution >= 4 is 11.8 Å². The van der Waals surface area contributed by atoms with E-state index in [0.29, 0.717) is 10.7 Å². The number of nitrogens with zero attached hydrogens (tertiary/aromatic N) is 4. The second-order valence-electron chi connectivity index (χ2n) is 6.26. The summed E-state index contributed by atoms with van der Waals surface area (Å²) in [4.78, 5) is 0. The molecule has 0 spiro atoms. The molecule has 6 heteroatoms. The summed E-state index contributed by atoms with van der Waals surface area (Å²) in [6.45, 7) is 7.03. The van der Waals surface area contributed by atoms with E-state index >= 15 is 0 Å². The average molecular weight is 283 g/mol. The van der Waals surface area contributed by atoms with E-state index in [1.165, 1.54) is 19.3 Å². The molecule has 0 saturated heterocycles. The van der Waals surface area contributed by atoms with E-state index in [1.807, 2.05) is 7.05 Å². The van der Waals surface area contributed by atoms with Gasteiger partial charge >= 0.3 is 0 Å². The number of tetrazole rings is 1. The highest BCUT2D eigenvalue weighted by Gasteiger charge is 2.36. The maximum atomic E-state index is 6.29. The van der Waals surface area contributed by atoms with Crippen molar-refractivity contribution in [2.75, 3.05) is 0 Å². The lowest BCUT2D eigenvalue weighted by atomic mass is 9.69. The molecule has 2 rings (SSSR count). The third kappa shape index (κ3) is 3.28. The van der Waals surface area contributed by atoms with Crippen LogP contribution < -0.4 is 5.73 Å². The molecule has 1 heterocycles. The third-order valence-electron chi connectivity index (χ3n) is 4.70. The molecule has 3 atom stereocenters. The monoisotopic (exact) mass is 283 g/mol.